The SMILES string of the molecule is CCOC(=O)C(=O)C1CN(C(=O)OC(C)(C)CCC2CN(C(=O)OC(C)(C)C)CC(C)C2=O)CC(C)C1=O. The lowest BCUT2D eigenvalue weighted by molar-refractivity contribution is -0.158. The first-order chi connectivity index (χ1) is 17.5. The van der Waals surface area contributed by atoms with Gasteiger partial charge in [-0.15, -0.1) is 0 Å². The van der Waals surface area contributed by atoms with Crippen LogP contribution in [0.15, 0.2) is 0 Å². The zero-order chi connectivity index (χ0) is 29.0. The minimum absolute atomic E-state index is 0.00120. The minimum atomic E-state index is -1.30. The highest BCUT2D eigenvalue weighted by Gasteiger charge is 2.43. The predicted molar refractivity (Wildman–Crippen MR) is 136 cm³/mol. The molecule has 38 heavy (non-hydrogen) atoms. The topological polar surface area (TPSA) is 137 Å². The van der Waals surface area contributed by atoms with E-state index in [0.29, 0.717) is 19.4 Å². The van der Waals surface area contributed by atoms with Gasteiger partial charge in [0, 0.05) is 43.9 Å². The lowest BCUT2D eigenvalue weighted by atomic mass is 9.83. The number of esters is 1. The molecule has 2 saturated heterocycles. The smallest absolute Gasteiger partial charge is 0.410 e. The van der Waals surface area contributed by atoms with Crippen LogP contribution >= 0.6 is 0 Å². The summed E-state index contributed by atoms with van der Waals surface area (Å²) < 4.78 is 15.9. The average Bonchev–Trinajstić information content (AvgIpc) is 2.79. The van der Waals surface area contributed by atoms with Gasteiger partial charge in [-0.1, -0.05) is 13.8 Å². The van der Waals surface area contributed by atoms with E-state index >= 15 is 0 Å². The number of carbonyl (C=O) groups excluding carboxylic acids is 6. The summed E-state index contributed by atoms with van der Waals surface area (Å²) in [7, 11) is 0. The summed E-state index contributed by atoms with van der Waals surface area (Å²) >= 11 is 0. The van der Waals surface area contributed by atoms with Gasteiger partial charge in [-0.25, -0.2) is 14.4 Å². The Balaban J connectivity index is 2.01. The van der Waals surface area contributed by atoms with E-state index in [1.165, 1.54) is 4.90 Å². The molecule has 0 N–H and O–H groups in total. The van der Waals surface area contributed by atoms with Crippen molar-refractivity contribution in [2.75, 3.05) is 32.8 Å². The second-order valence-electron chi connectivity index (χ2n) is 11.9. The standard InChI is InChI=1S/C27H42N2O9/c1-9-36-23(33)22(32)19-15-29(13-17(3)21(19)31)25(35)38-27(7,8)11-10-18-14-28(12-16(2)20(18)30)24(34)37-26(4,5)6/h16-19H,9-15H2,1-8H3. The maximum atomic E-state index is 13.0. The van der Waals surface area contributed by atoms with Crippen LogP contribution in [0.5, 0.6) is 0 Å². The first kappa shape index (κ1) is 31.2. The van der Waals surface area contributed by atoms with Crippen LogP contribution in [-0.2, 0) is 33.4 Å². The second-order valence-corrected chi connectivity index (χ2v) is 11.9. The Bertz CT molecular complexity index is 953. The van der Waals surface area contributed by atoms with Gasteiger partial charge in [0.2, 0.25) is 0 Å². The fourth-order valence-corrected chi connectivity index (χ4v) is 4.69. The highest BCUT2D eigenvalue weighted by atomic mass is 16.6. The van der Waals surface area contributed by atoms with Crippen molar-refractivity contribution in [1.82, 2.24) is 9.80 Å². The third-order valence-electron chi connectivity index (χ3n) is 6.71. The van der Waals surface area contributed by atoms with Crippen LogP contribution in [0, 0.1) is 23.7 Å². The normalized spacial score (nSPS) is 24.6. The average molecular weight is 539 g/mol. The quantitative estimate of drug-likeness (QED) is 0.207. The summed E-state index contributed by atoms with van der Waals surface area (Å²) in [4.78, 5) is 78.1. The van der Waals surface area contributed by atoms with Crippen LogP contribution in [0.4, 0.5) is 9.59 Å². The van der Waals surface area contributed by atoms with Gasteiger partial charge in [0.15, 0.2) is 0 Å². The Labute approximate surface area is 224 Å². The Kier molecular flexibility index (Phi) is 10.1. The summed E-state index contributed by atoms with van der Waals surface area (Å²) in [6.07, 6.45) is -0.443. The molecule has 2 rings (SSSR count). The molecule has 2 fully saturated rings. The molecule has 0 aromatic carbocycles. The number of carbonyl (C=O) groups is 6. The predicted octanol–water partition coefficient (Wildman–Crippen LogP) is 3.02. The van der Waals surface area contributed by atoms with E-state index in [2.05, 4.69) is 0 Å². The van der Waals surface area contributed by atoms with E-state index in [1.807, 2.05) is 0 Å². The Morgan fingerprint density at radius 3 is 1.89 bits per heavy atom. The molecule has 2 aliphatic rings. The van der Waals surface area contributed by atoms with Gasteiger partial charge < -0.3 is 24.0 Å². The van der Waals surface area contributed by atoms with Gasteiger partial charge in [0.25, 0.3) is 5.78 Å². The number of ketones is 3. The van der Waals surface area contributed by atoms with Crippen LogP contribution in [0.1, 0.15) is 68.2 Å². The number of hydrogen-bond acceptors (Lipinski definition) is 9. The van der Waals surface area contributed by atoms with E-state index in [-0.39, 0.29) is 37.9 Å². The van der Waals surface area contributed by atoms with Crippen LogP contribution in [-0.4, -0.2) is 89.3 Å². The van der Waals surface area contributed by atoms with Crippen molar-refractivity contribution in [2.24, 2.45) is 23.7 Å². The highest BCUT2D eigenvalue weighted by molar-refractivity contribution is 6.38. The van der Waals surface area contributed by atoms with E-state index in [4.69, 9.17) is 14.2 Å². The summed E-state index contributed by atoms with van der Waals surface area (Å²) in [5, 5.41) is 0. The largest absolute Gasteiger partial charge is 0.460 e. The summed E-state index contributed by atoms with van der Waals surface area (Å²) in [5.41, 5.74) is -1.62. The van der Waals surface area contributed by atoms with Gasteiger partial charge in [0.1, 0.15) is 28.7 Å². The molecule has 0 aromatic heterocycles. The number of amides is 2. The van der Waals surface area contributed by atoms with Crippen molar-refractivity contribution in [3.05, 3.63) is 0 Å². The molecule has 0 aliphatic carbocycles. The van der Waals surface area contributed by atoms with Crippen molar-refractivity contribution in [1.29, 1.82) is 0 Å². The molecule has 0 radical (unpaired) electrons. The van der Waals surface area contributed by atoms with Gasteiger partial charge in [-0.3, -0.25) is 14.4 Å². The first-order valence-corrected chi connectivity index (χ1v) is 13.2. The molecule has 0 bridgehead atoms. The molecule has 4 atom stereocenters. The third-order valence-corrected chi connectivity index (χ3v) is 6.71. The molecule has 4 unspecified atom stereocenters. The van der Waals surface area contributed by atoms with E-state index in [9.17, 15) is 28.8 Å². The molecular formula is C27H42N2O9. The lowest BCUT2D eigenvalue weighted by Crippen LogP contribution is -2.53. The fourth-order valence-electron chi connectivity index (χ4n) is 4.69. The minimum Gasteiger partial charge on any atom is -0.460 e. The highest BCUT2D eigenvalue weighted by Crippen LogP contribution is 2.29. The first-order valence-electron chi connectivity index (χ1n) is 13.2. The molecule has 0 aromatic rings. The summed E-state index contributed by atoms with van der Waals surface area (Å²) in [5.74, 6) is -5.14. The van der Waals surface area contributed by atoms with Crippen LogP contribution in [0.3, 0.4) is 0 Å². The zero-order valence-corrected chi connectivity index (χ0v) is 23.8. The number of Topliss-reactive ketones (excluding diaryl/α,β-unsaturated/α-hetero) is 3. The van der Waals surface area contributed by atoms with Gasteiger partial charge in [0.05, 0.1) is 6.61 Å². The monoisotopic (exact) mass is 538 g/mol. The molecule has 11 heteroatoms. The molecule has 0 saturated carbocycles. The summed E-state index contributed by atoms with van der Waals surface area (Å²) in [6, 6.07) is 0. The lowest BCUT2D eigenvalue weighted by Gasteiger charge is -2.38. The number of piperidine rings is 2. The Morgan fingerprint density at radius 2 is 1.34 bits per heavy atom. The van der Waals surface area contributed by atoms with E-state index < -0.39 is 58.7 Å². The van der Waals surface area contributed by atoms with Crippen molar-refractivity contribution in [3.63, 3.8) is 0 Å². The molecular weight excluding hydrogens is 496 g/mol. The van der Waals surface area contributed by atoms with Gasteiger partial charge >= 0.3 is 18.2 Å². The second kappa shape index (κ2) is 12.3. The number of rotatable bonds is 7. The number of hydrogen-bond donors (Lipinski definition) is 0. The maximum Gasteiger partial charge on any atom is 0.410 e. The van der Waals surface area contributed by atoms with Crippen LogP contribution in [0.2, 0.25) is 0 Å². The van der Waals surface area contributed by atoms with Crippen LogP contribution < -0.4 is 0 Å². The molecule has 2 amide bonds. The molecule has 0 spiro atoms. The maximum absolute atomic E-state index is 13.0. The van der Waals surface area contributed by atoms with Crippen molar-refractivity contribution < 1.29 is 43.0 Å². The van der Waals surface area contributed by atoms with Gasteiger partial charge in [-0.2, -0.15) is 0 Å². The van der Waals surface area contributed by atoms with Crippen molar-refractivity contribution >= 4 is 35.5 Å². The number of likely N-dealkylation sites (tertiary alicyclic amines) is 2. The zero-order valence-electron chi connectivity index (χ0n) is 23.8. The third kappa shape index (κ3) is 8.26. The molecule has 2 heterocycles. The number of ether oxygens (including phenoxy) is 3. The molecule has 214 valence electrons. The number of nitrogens with zero attached hydrogens (tertiary/aromatic N) is 2. The van der Waals surface area contributed by atoms with Crippen LogP contribution in [0.25, 0.3) is 0 Å². The Morgan fingerprint density at radius 1 is 0.816 bits per heavy atom. The van der Waals surface area contributed by atoms with Crippen molar-refractivity contribution in [3.8, 4) is 0 Å². The summed E-state index contributed by atoms with van der Waals surface area (Å²) in [6.45, 7) is 14.0. The Hall–Kier alpha value is -2.98. The molecule has 11 nitrogen and oxygen atoms in total. The molecule has 2 aliphatic heterocycles. The van der Waals surface area contributed by atoms with E-state index in [1.54, 1.807) is 60.3 Å². The van der Waals surface area contributed by atoms with Gasteiger partial charge in [-0.05, 0) is 54.4 Å². The fraction of sp³-hybridized carbons (Fsp3) is 0.778. The van der Waals surface area contributed by atoms with Crippen molar-refractivity contribution in [2.45, 2.75) is 79.4 Å². The van der Waals surface area contributed by atoms with E-state index in [0.717, 1.165) is 0 Å².